The third-order valence-corrected chi connectivity index (χ3v) is 14.1. The van der Waals surface area contributed by atoms with Gasteiger partial charge in [-0.2, -0.15) is 0 Å². The summed E-state index contributed by atoms with van der Waals surface area (Å²) in [5.74, 6) is 1.03. The molecule has 10 aromatic rings. The molecule has 0 aliphatic heterocycles. The molecule has 2 heterocycles. The average Bonchev–Trinajstić information content (AvgIpc) is 4.21. The largest absolute Gasteiger partial charge is 0.309 e. The molecule has 12 rings (SSSR count). The van der Waals surface area contributed by atoms with Crippen LogP contribution in [0.3, 0.4) is 0 Å². The van der Waals surface area contributed by atoms with Crippen LogP contribution in [-0.2, 0) is 0 Å². The van der Waals surface area contributed by atoms with Crippen LogP contribution >= 0.6 is 0 Å². The molecule has 1 N–H and O–H groups in total. The zero-order chi connectivity index (χ0) is 55.3. The second-order valence-corrected chi connectivity index (χ2v) is 19.2. The molecule has 2 aliphatic carbocycles. The van der Waals surface area contributed by atoms with E-state index >= 15 is 0 Å². The van der Waals surface area contributed by atoms with E-state index in [0.29, 0.717) is 17.4 Å². The van der Waals surface area contributed by atoms with Gasteiger partial charge >= 0.3 is 0 Å². The van der Waals surface area contributed by atoms with Crippen LogP contribution in [0, 0.1) is 12.3 Å². The molecule has 0 bridgehead atoms. The minimum absolute atomic E-state index is 0.349. The van der Waals surface area contributed by atoms with Crippen LogP contribution in [0.15, 0.2) is 276 Å². The summed E-state index contributed by atoms with van der Waals surface area (Å²) in [4.78, 5) is 14.4. The van der Waals surface area contributed by atoms with E-state index in [4.69, 9.17) is 15.4 Å². The van der Waals surface area contributed by atoms with Crippen molar-refractivity contribution in [2.45, 2.75) is 60.3 Å². The number of aryl methyl sites for hydroxylation is 1. The highest BCUT2D eigenvalue weighted by Crippen LogP contribution is 2.38. The van der Waals surface area contributed by atoms with Gasteiger partial charge in [0.15, 0.2) is 11.7 Å². The van der Waals surface area contributed by atoms with Crippen molar-refractivity contribution in [3.05, 3.63) is 284 Å². The van der Waals surface area contributed by atoms with Crippen LogP contribution in [0.25, 0.3) is 71.8 Å². The van der Waals surface area contributed by atoms with Gasteiger partial charge in [-0.15, -0.1) is 13.2 Å². The number of fused-ring (bicyclic) bond motifs is 6. The van der Waals surface area contributed by atoms with E-state index in [1.807, 2.05) is 82.3 Å². The number of aromatic nitrogens is 2. The average molecular weight is 1030 g/mol. The van der Waals surface area contributed by atoms with Crippen molar-refractivity contribution in [2.75, 3.05) is 0 Å². The monoisotopic (exact) mass is 1030 g/mol. The fourth-order valence-electron chi connectivity index (χ4n) is 10.2. The lowest BCUT2D eigenvalue weighted by Crippen LogP contribution is -2.06. The summed E-state index contributed by atoms with van der Waals surface area (Å²) in [6.07, 6.45) is 16.8. The summed E-state index contributed by atoms with van der Waals surface area (Å²) < 4.78 is 4.74. The van der Waals surface area contributed by atoms with Crippen LogP contribution in [0.5, 0.6) is 0 Å². The third kappa shape index (κ3) is 12.1. The SMILES string of the molecule is C=C.C=C(N=C(N=C(C)c1ccccc1)C1=CCCC=C1)c1ccc(-n2c3ccccc3c3cc(-c4ccc5c(c4)c4ccccc4n5-c4ccc(C)cc4)ccc32)cc1.CC.CC(=NC(=N)C1=CCCC=C1)c1ccccc1. The van der Waals surface area contributed by atoms with Gasteiger partial charge in [0.2, 0.25) is 0 Å². The van der Waals surface area contributed by atoms with Gasteiger partial charge in [0.25, 0.3) is 0 Å². The number of benzene rings is 8. The molecule has 79 heavy (non-hydrogen) atoms. The quantitative estimate of drug-likeness (QED) is 0.0850. The molecule has 6 nitrogen and oxygen atoms in total. The summed E-state index contributed by atoms with van der Waals surface area (Å²) in [5, 5.41) is 12.9. The van der Waals surface area contributed by atoms with Crippen molar-refractivity contribution in [2.24, 2.45) is 15.0 Å². The van der Waals surface area contributed by atoms with Crippen molar-refractivity contribution in [3.8, 4) is 22.5 Å². The highest BCUT2D eigenvalue weighted by Gasteiger charge is 2.17. The lowest BCUT2D eigenvalue weighted by Gasteiger charge is -2.12. The van der Waals surface area contributed by atoms with E-state index in [0.717, 1.165) is 76.1 Å². The van der Waals surface area contributed by atoms with E-state index in [9.17, 15) is 0 Å². The number of rotatable bonds is 9. The molecule has 8 aromatic carbocycles. The fourth-order valence-corrected chi connectivity index (χ4v) is 10.2. The Kier molecular flexibility index (Phi) is 17.6. The lowest BCUT2D eigenvalue weighted by molar-refractivity contribution is 1.03. The standard InChI is InChI=1S/C54H42N4.C15H16N2.C2H6.C2H4/c1-36-22-28-44(29-23-36)57-50-20-12-10-18-46(50)48-34-42(26-32-52(48)57)43-27-33-53-49(35-43)47-19-11-13-21-51(47)58(53)45-30-24-40(25-31-45)38(3)56-54(41-16-8-5-9-17-41)55-37(2)39-14-6-4-7-15-39;1-12(13-8-4-2-5-9-13)17-15(16)14-10-6-3-7-11-14;2*1-2/h4,6-8,10-35H,3,5,9H2,1-2H3;2,4-6,8-11,16H,3,7H2,1H3;1-2H3;1-2H2. The smallest absolute Gasteiger partial charge is 0.159 e. The van der Waals surface area contributed by atoms with Gasteiger partial charge in [-0.25, -0.2) is 15.0 Å². The van der Waals surface area contributed by atoms with Gasteiger partial charge in [-0.1, -0.05) is 196 Å². The van der Waals surface area contributed by atoms with Crippen molar-refractivity contribution in [3.63, 3.8) is 0 Å². The van der Waals surface area contributed by atoms with Gasteiger partial charge < -0.3 is 9.13 Å². The minimum Gasteiger partial charge on any atom is -0.309 e. The summed E-state index contributed by atoms with van der Waals surface area (Å²) in [5.41, 5.74) is 18.2. The Bertz CT molecular complexity index is 4040. The van der Waals surface area contributed by atoms with Gasteiger partial charge in [0, 0.05) is 55.5 Å². The van der Waals surface area contributed by atoms with E-state index < -0.39 is 0 Å². The fraction of sp³-hybridized carbons (Fsp3) is 0.123. The number of allylic oxidation sites excluding steroid dienone is 4. The molecule has 0 saturated carbocycles. The van der Waals surface area contributed by atoms with Crippen molar-refractivity contribution < 1.29 is 0 Å². The molecule has 0 unspecified atom stereocenters. The molecule has 0 radical (unpaired) electrons. The first-order valence-electron chi connectivity index (χ1n) is 27.3. The summed E-state index contributed by atoms with van der Waals surface area (Å²) in [6.45, 7) is 20.5. The zero-order valence-electron chi connectivity index (χ0n) is 46.1. The Balaban J connectivity index is 0.000000305. The van der Waals surface area contributed by atoms with Crippen molar-refractivity contribution in [1.82, 2.24) is 9.13 Å². The Hall–Kier alpha value is -9.52. The molecular weight excluding hydrogens is 961 g/mol. The number of hydrogen-bond donors (Lipinski definition) is 1. The number of nitrogens with one attached hydrogen (secondary N) is 1. The number of aliphatic imine (C=N–C) groups is 3. The Morgan fingerprint density at radius 2 is 0.873 bits per heavy atom. The summed E-state index contributed by atoms with van der Waals surface area (Å²) in [6, 6.07) is 68.8. The maximum Gasteiger partial charge on any atom is 0.159 e. The second kappa shape index (κ2) is 25.5. The van der Waals surface area contributed by atoms with Gasteiger partial charge in [-0.3, -0.25) is 5.41 Å². The highest BCUT2D eigenvalue weighted by molar-refractivity contribution is 6.15. The van der Waals surface area contributed by atoms with Crippen LogP contribution in [0.2, 0.25) is 0 Å². The van der Waals surface area contributed by atoms with Gasteiger partial charge in [-0.05, 0) is 135 Å². The van der Waals surface area contributed by atoms with Crippen molar-refractivity contribution >= 4 is 72.4 Å². The van der Waals surface area contributed by atoms with Gasteiger partial charge in [0.1, 0.15) is 0 Å². The highest BCUT2D eigenvalue weighted by atomic mass is 15.0. The number of hydrogen-bond acceptors (Lipinski definition) is 2. The van der Waals surface area contributed by atoms with Crippen LogP contribution in [0.4, 0.5) is 0 Å². The van der Waals surface area contributed by atoms with Crippen LogP contribution in [0.1, 0.15) is 75.6 Å². The first kappa shape index (κ1) is 54.3. The molecule has 0 spiro atoms. The van der Waals surface area contributed by atoms with Crippen molar-refractivity contribution in [1.29, 1.82) is 5.41 Å². The Morgan fingerprint density at radius 1 is 0.443 bits per heavy atom. The lowest BCUT2D eigenvalue weighted by atomic mass is 10.0. The summed E-state index contributed by atoms with van der Waals surface area (Å²) in [7, 11) is 0. The Morgan fingerprint density at radius 3 is 1.35 bits per heavy atom. The van der Waals surface area contributed by atoms with Crippen LogP contribution in [-0.4, -0.2) is 32.2 Å². The number of nitrogens with zero attached hydrogens (tertiary/aromatic N) is 5. The van der Waals surface area contributed by atoms with E-state index in [-0.39, 0.29) is 0 Å². The first-order chi connectivity index (χ1) is 38.8. The normalized spacial score (nSPS) is 13.4. The molecule has 390 valence electrons. The predicted octanol–water partition coefficient (Wildman–Crippen LogP) is 19.6. The second-order valence-electron chi connectivity index (χ2n) is 19.2. The number of para-hydroxylation sites is 2. The zero-order valence-corrected chi connectivity index (χ0v) is 46.1. The third-order valence-electron chi connectivity index (χ3n) is 14.1. The van der Waals surface area contributed by atoms with Crippen LogP contribution < -0.4 is 0 Å². The molecular formula is C73H68N6. The predicted molar refractivity (Wildman–Crippen MR) is 342 cm³/mol. The maximum atomic E-state index is 7.96. The topological polar surface area (TPSA) is 70.8 Å². The van der Waals surface area contributed by atoms with Gasteiger partial charge in [0.05, 0.1) is 27.8 Å². The number of amidine groups is 2. The van der Waals surface area contributed by atoms with E-state index in [1.54, 1.807) is 0 Å². The van der Waals surface area contributed by atoms with E-state index in [2.05, 4.69) is 217 Å². The molecule has 0 amide bonds. The first-order valence-corrected chi connectivity index (χ1v) is 27.3. The molecule has 2 aromatic heterocycles. The minimum atomic E-state index is 0.349. The molecule has 6 heteroatoms. The van der Waals surface area contributed by atoms with E-state index in [1.165, 1.54) is 60.5 Å². The Labute approximate surface area is 466 Å². The molecule has 0 fully saturated rings. The molecule has 2 aliphatic rings. The molecule has 0 atom stereocenters. The summed E-state index contributed by atoms with van der Waals surface area (Å²) >= 11 is 0. The maximum absolute atomic E-state index is 7.96. The molecule has 0 saturated heterocycles.